The Kier molecular flexibility index (Phi) is 5.40. The Labute approximate surface area is 92.5 Å². The second-order valence-electron chi connectivity index (χ2n) is 4.22. The van der Waals surface area contributed by atoms with Crippen molar-refractivity contribution in [3.8, 4) is 0 Å². The van der Waals surface area contributed by atoms with Crippen LogP contribution in [0, 0.1) is 0 Å². The average Bonchev–Trinajstić information content (AvgIpc) is 3.02. The molecule has 1 aliphatic rings. The number of carbonyl (C=O) groups is 1. The highest BCUT2D eigenvalue weighted by Crippen LogP contribution is 2.18. The summed E-state index contributed by atoms with van der Waals surface area (Å²) in [6.07, 6.45) is 7.08. The molecule has 0 saturated heterocycles. The molecule has 1 fully saturated rings. The number of unbranched alkanes of at least 4 members (excludes halogenated alkanes) is 1. The van der Waals surface area contributed by atoms with Gasteiger partial charge in [0, 0.05) is 32.6 Å². The maximum atomic E-state index is 11.6. The van der Waals surface area contributed by atoms with Gasteiger partial charge in [-0.15, -0.1) is 6.58 Å². The Balaban J connectivity index is 2.00. The first kappa shape index (κ1) is 12.2. The monoisotopic (exact) mass is 210 g/mol. The molecule has 0 heterocycles. The number of hydrogen-bond acceptors (Lipinski definition) is 2. The van der Waals surface area contributed by atoms with E-state index in [1.807, 2.05) is 18.0 Å². The topological polar surface area (TPSA) is 32.3 Å². The first-order chi connectivity index (χ1) is 7.24. The zero-order chi connectivity index (χ0) is 11.1. The number of hydrogen-bond donors (Lipinski definition) is 1. The van der Waals surface area contributed by atoms with E-state index in [-0.39, 0.29) is 5.91 Å². The highest BCUT2D eigenvalue weighted by atomic mass is 16.2. The van der Waals surface area contributed by atoms with Gasteiger partial charge in [0.2, 0.25) is 5.91 Å². The zero-order valence-electron chi connectivity index (χ0n) is 9.67. The molecule has 1 N–H and O–H groups in total. The van der Waals surface area contributed by atoms with Crippen molar-refractivity contribution in [2.24, 2.45) is 0 Å². The normalized spacial score (nSPS) is 15.0. The van der Waals surface area contributed by atoms with Gasteiger partial charge in [0.15, 0.2) is 0 Å². The van der Waals surface area contributed by atoms with Crippen LogP contribution in [0.15, 0.2) is 12.7 Å². The van der Waals surface area contributed by atoms with E-state index < -0.39 is 0 Å². The number of nitrogens with zero attached hydrogens (tertiary/aromatic N) is 1. The number of rotatable bonds is 8. The smallest absolute Gasteiger partial charge is 0.223 e. The third-order valence-electron chi connectivity index (χ3n) is 2.68. The molecule has 0 aromatic rings. The van der Waals surface area contributed by atoms with Crippen molar-refractivity contribution in [1.82, 2.24) is 10.2 Å². The van der Waals surface area contributed by atoms with Crippen molar-refractivity contribution in [1.29, 1.82) is 0 Å². The number of allylic oxidation sites excluding steroid dienone is 1. The second-order valence-corrected chi connectivity index (χ2v) is 4.22. The van der Waals surface area contributed by atoms with E-state index in [0.29, 0.717) is 12.5 Å². The Morgan fingerprint density at radius 1 is 1.60 bits per heavy atom. The molecule has 0 bridgehead atoms. The minimum atomic E-state index is 0.243. The summed E-state index contributed by atoms with van der Waals surface area (Å²) in [6.45, 7) is 5.34. The van der Waals surface area contributed by atoms with Gasteiger partial charge in [-0.25, -0.2) is 0 Å². The first-order valence-corrected chi connectivity index (χ1v) is 5.82. The van der Waals surface area contributed by atoms with Crippen molar-refractivity contribution in [3.05, 3.63) is 12.7 Å². The van der Waals surface area contributed by atoms with Gasteiger partial charge >= 0.3 is 0 Å². The van der Waals surface area contributed by atoms with Gasteiger partial charge in [0.25, 0.3) is 0 Å². The molecule has 3 nitrogen and oxygen atoms in total. The molecule has 0 aromatic heterocycles. The van der Waals surface area contributed by atoms with Crippen LogP contribution < -0.4 is 5.32 Å². The van der Waals surface area contributed by atoms with Crippen LogP contribution in [-0.4, -0.2) is 37.0 Å². The van der Waals surface area contributed by atoms with Gasteiger partial charge in [-0.3, -0.25) is 4.79 Å². The van der Waals surface area contributed by atoms with Gasteiger partial charge in [-0.2, -0.15) is 0 Å². The van der Waals surface area contributed by atoms with Gasteiger partial charge in [0.1, 0.15) is 0 Å². The SMILES string of the molecule is C=CCCCN(C)C(=O)CCNC1CC1. The summed E-state index contributed by atoms with van der Waals surface area (Å²) in [5, 5.41) is 3.35. The van der Waals surface area contributed by atoms with Gasteiger partial charge in [-0.05, 0) is 25.7 Å². The molecule has 15 heavy (non-hydrogen) atoms. The van der Waals surface area contributed by atoms with Gasteiger partial charge in [-0.1, -0.05) is 6.08 Å². The maximum absolute atomic E-state index is 11.6. The zero-order valence-corrected chi connectivity index (χ0v) is 9.67. The minimum Gasteiger partial charge on any atom is -0.346 e. The summed E-state index contributed by atoms with van der Waals surface area (Å²) >= 11 is 0. The molecule has 3 heteroatoms. The fourth-order valence-electron chi connectivity index (χ4n) is 1.46. The van der Waals surface area contributed by atoms with Crippen LogP contribution in [-0.2, 0) is 4.79 Å². The lowest BCUT2D eigenvalue weighted by atomic mass is 10.3. The lowest BCUT2D eigenvalue weighted by molar-refractivity contribution is -0.129. The van der Waals surface area contributed by atoms with E-state index in [1.54, 1.807) is 0 Å². The number of nitrogens with one attached hydrogen (secondary N) is 1. The molecule has 0 aliphatic heterocycles. The lowest BCUT2D eigenvalue weighted by Gasteiger charge is -2.16. The van der Waals surface area contributed by atoms with Crippen LogP contribution in [0.1, 0.15) is 32.1 Å². The summed E-state index contributed by atoms with van der Waals surface area (Å²) in [7, 11) is 1.88. The molecule has 1 aliphatic carbocycles. The molecule has 0 atom stereocenters. The highest BCUT2D eigenvalue weighted by Gasteiger charge is 2.20. The number of amides is 1. The fourth-order valence-corrected chi connectivity index (χ4v) is 1.46. The molecule has 0 spiro atoms. The summed E-state index contributed by atoms with van der Waals surface area (Å²) in [4.78, 5) is 13.4. The predicted molar refractivity (Wildman–Crippen MR) is 62.7 cm³/mol. The first-order valence-electron chi connectivity index (χ1n) is 5.82. The van der Waals surface area contributed by atoms with Crippen molar-refractivity contribution in [2.75, 3.05) is 20.1 Å². The molecule has 86 valence electrons. The fraction of sp³-hybridized carbons (Fsp3) is 0.750. The molecular weight excluding hydrogens is 188 g/mol. The van der Waals surface area contributed by atoms with Crippen LogP contribution in [0.2, 0.25) is 0 Å². The quantitative estimate of drug-likeness (QED) is 0.487. The van der Waals surface area contributed by atoms with Crippen molar-refractivity contribution < 1.29 is 4.79 Å². The second kappa shape index (κ2) is 6.62. The molecular formula is C12H22N2O. The molecule has 0 unspecified atom stereocenters. The van der Waals surface area contributed by atoms with Crippen LogP contribution in [0.5, 0.6) is 0 Å². The summed E-state index contributed by atoms with van der Waals surface area (Å²) < 4.78 is 0. The van der Waals surface area contributed by atoms with Crippen molar-refractivity contribution >= 4 is 5.91 Å². The predicted octanol–water partition coefficient (Wildman–Crippen LogP) is 1.55. The highest BCUT2D eigenvalue weighted by molar-refractivity contribution is 5.76. The number of carbonyl (C=O) groups excluding carboxylic acids is 1. The van der Waals surface area contributed by atoms with Crippen LogP contribution in [0.4, 0.5) is 0 Å². The van der Waals surface area contributed by atoms with E-state index in [2.05, 4.69) is 11.9 Å². The Hall–Kier alpha value is -0.830. The Morgan fingerprint density at radius 2 is 2.33 bits per heavy atom. The molecule has 1 saturated carbocycles. The molecule has 1 rings (SSSR count). The van der Waals surface area contributed by atoms with Crippen molar-refractivity contribution in [3.63, 3.8) is 0 Å². The van der Waals surface area contributed by atoms with Gasteiger partial charge < -0.3 is 10.2 Å². The van der Waals surface area contributed by atoms with Gasteiger partial charge in [0.05, 0.1) is 0 Å². The third kappa shape index (κ3) is 5.57. The third-order valence-corrected chi connectivity index (χ3v) is 2.68. The standard InChI is InChI=1S/C12H22N2O/c1-3-4-5-10-14(2)12(15)8-9-13-11-6-7-11/h3,11,13H,1,4-10H2,2H3. The molecule has 0 aromatic carbocycles. The lowest BCUT2D eigenvalue weighted by Crippen LogP contribution is -2.31. The molecule has 1 amide bonds. The summed E-state index contributed by atoms with van der Waals surface area (Å²) in [5.74, 6) is 0.243. The Morgan fingerprint density at radius 3 is 2.93 bits per heavy atom. The van der Waals surface area contributed by atoms with E-state index in [1.165, 1.54) is 12.8 Å². The summed E-state index contributed by atoms with van der Waals surface area (Å²) in [6, 6.07) is 0.698. The maximum Gasteiger partial charge on any atom is 0.223 e. The molecule has 0 radical (unpaired) electrons. The van der Waals surface area contributed by atoms with Crippen LogP contribution in [0.3, 0.4) is 0 Å². The summed E-state index contributed by atoms with van der Waals surface area (Å²) in [5.41, 5.74) is 0. The van der Waals surface area contributed by atoms with Crippen LogP contribution >= 0.6 is 0 Å². The van der Waals surface area contributed by atoms with E-state index in [9.17, 15) is 4.79 Å². The minimum absolute atomic E-state index is 0.243. The average molecular weight is 210 g/mol. The van der Waals surface area contributed by atoms with E-state index >= 15 is 0 Å². The Bertz CT molecular complexity index is 212. The van der Waals surface area contributed by atoms with E-state index in [4.69, 9.17) is 0 Å². The largest absolute Gasteiger partial charge is 0.346 e. The van der Waals surface area contributed by atoms with Crippen molar-refractivity contribution in [2.45, 2.75) is 38.1 Å². The van der Waals surface area contributed by atoms with Crippen LogP contribution in [0.25, 0.3) is 0 Å². The van der Waals surface area contributed by atoms with E-state index in [0.717, 1.165) is 25.9 Å².